The predicted molar refractivity (Wildman–Crippen MR) is 53.5 cm³/mol. The fourth-order valence-corrected chi connectivity index (χ4v) is 1.41. The number of nitriles is 1. The van der Waals surface area contributed by atoms with Gasteiger partial charge in [-0.1, -0.05) is 0 Å². The molecule has 0 saturated carbocycles. The van der Waals surface area contributed by atoms with E-state index in [1.54, 1.807) is 6.92 Å². The van der Waals surface area contributed by atoms with Crippen molar-refractivity contribution in [3.63, 3.8) is 0 Å². The van der Waals surface area contributed by atoms with Gasteiger partial charge in [-0.3, -0.25) is 0 Å². The quantitative estimate of drug-likeness (QED) is 0.767. The van der Waals surface area contributed by atoms with E-state index in [0.717, 1.165) is 0 Å². The van der Waals surface area contributed by atoms with Crippen molar-refractivity contribution in [2.45, 2.75) is 12.8 Å². The summed E-state index contributed by atoms with van der Waals surface area (Å²) in [6.07, 6.45) is 0. The van der Waals surface area contributed by atoms with Gasteiger partial charge >= 0.3 is 0 Å². The van der Waals surface area contributed by atoms with Crippen LogP contribution in [-0.2, 0) is 0 Å². The van der Waals surface area contributed by atoms with Crippen molar-refractivity contribution >= 4 is 0 Å². The number of hydrogen-bond acceptors (Lipinski definition) is 3. The summed E-state index contributed by atoms with van der Waals surface area (Å²) < 4.78 is 23.4. The van der Waals surface area contributed by atoms with E-state index in [-0.39, 0.29) is 5.75 Å². The van der Waals surface area contributed by atoms with Crippen LogP contribution in [-0.4, -0.2) is 14.2 Å². The zero-order chi connectivity index (χ0) is 11.4. The minimum Gasteiger partial charge on any atom is -0.496 e. The summed E-state index contributed by atoms with van der Waals surface area (Å²) in [4.78, 5) is 0. The van der Waals surface area contributed by atoms with Gasteiger partial charge in [0.2, 0.25) is 0 Å². The molecule has 80 valence electrons. The molecule has 0 amide bonds. The second kappa shape index (κ2) is 4.65. The number of ether oxygens (including phenoxy) is 2. The Kier molecular flexibility index (Phi) is 3.51. The zero-order valence-corrected chi connectivity index (χ0v) is 8.87. The Balaban J connectivity index is 3.41. The molecule has 1 aromatic carbocycles. The van der Waals surface area contributed by atoms with Crippen LogP contribution in [0.1, 0.15) is 18.4 Å². The molecule has 4 heteroatoms. The largest absolute Gasteiger partial charge is 0.496 e. The maximum Gasteiger partial charge on any atom is 0.165 e. The van der Waals surface area contributed by atoms with Crippen LogP contribution >= 0.6 is 0 Å². The van der Waals surface area contributed by atoms with Crippen LogP contribution in [0.15, 0.2) is 12.1 Å². The van der Waals surface area contributed by atoms with E-state index in [9.17, 15) is 4.39 Å². The first-order valence-electron chi connectivity index (χ1n) is 4.45. The van der Waals surface area contributed by atoms with Gasteiger partial charge in [-0.15, -0.1) is 0 Å². The van der Waals surface area contributed by atoms with Crippen LogP contribution in [0.25, 0.3) is 0 Å². The molecule has 0 heterocycles. The van der Waals surface area contributed by atoms with E-state index in [2.05, 4.69) is 0 Å². The molecular formula is C11H12FNO2. The molecule has 0 aliphatic heterocycles. The average Bonchev–Trinajstić information content (AvgIpc) is 2.27. The minimum atomic E-state index is -0.490. The first-order valence-corrected chi connectivity index (χ1v) is 4.45. The van der Waals surface area contributed by atoms with E-state index in [4.69, 9.17) is 14.7 Å². The molecular weight excluding hydrogens is 197 g/mol. The molecule has 0 radical (unpaired) electrons. The van der Waals surface area contributed by atoms with Gasteiger partial charge in [-0.05, 0) is 19.1 Å². The molecule has 0 aliphatic carbocycles. The Morgan fingerprint density at radius 3 is 2.47 bits per heavy atom. The smallest absolute Gasteiger partial charge is 0.165 e. The van der Waals surface area contributed by atoms with E-state index in [1.165, 1.54) is 26.4 Å². The number of rotatable bonds is 3. The Labute approximate surface area is 88.0 Å². The first-order chi connectivity index (χ1) is 7.15. The van der Waals surface area contributed by atoms with Gasteiger partial charge in [-0.2, -0.15) is 5.26 Å². The van der Waals surface area contributed by atoms with Gasteiger partial charge in [-0.25, -0.2) is 4.39 Å². The number of halogens is 1. The second-order valence-corrected chi connectivity index (χ2v) is 3.05. The molecule has 0 fully saturated rings. The van der Waals surface area contributed by atoms with Crippen molar-refractivity contribution in [2.75, 3.05) is 14.2 Å². The molecule has 0 saturated heterocycles. The number of nitrogens with zero attached hydrogens (tertiary/aromatic N) is 1. The van der Waals surface area contributed by atoms with Crippen LogP contribution in [0.2, 0.25) is 0 Å². The van der Waals surface area contributed by atoms with Gasteiger partial charge in [0, 0.05) is 0 Å². The second-order valence-electron chi connectivity index (χ2n) is 3.05. The molecule has 0 N–H and O–H groups in total. The van der Waals surface area contributed by atoms with Crippen molar-refractivity contribution in [3.05, 3.63) is 23.5 Å². The van der Waals surface area contributed by atoms with E-state index in [0.29, 0.717) is 11.3 Å². The maximum absolute atomic E-state index is 13.4. The van der Waals surface area contributed by atoms with Crippen molar-refractivity contribution in [2.24, 2.45) is 0 Å². The number of benzene rings is 1. The van der Waals surface area contributed by atoms with E-state index < -0.39 is 11.7 Å². The third kappa shape index (κ3) is 2.01. The van der Waals surface area contributed by atoms with Crippen molar-refractivity contribution < 1.29 is 13.9 Å². The lowest BCUT2D eigenvalue weighted by Gasteiger charge is -2.14. The van der Waals surface area contributed by atoms with Crippen LogP contribution in [0, 0.1) is 17.1 Å². The molecule has 1 unspecified atom stereocenters. The number of methoxy groups -OCH3 is 2. The monoisotopic (exact) mass is 209 g/mol. The summed E-state index contributed by atoms with van der Waals surface area (Å²) >= 11 is 0. The predicted octanol–water partition coefficient (Wildman–Crippen LogP) is 2.47. The SMILES string of the molecule is COc1ccc(F)c(OC)c1C(C)C#N. The van der Waals surface area contributed by atoms with E-state index >= 15 is 0 Å². The summed E-state index contributed by atoms with van der Waals surface area (Å²) in [6, 6.07) is 4.77. The van der Waals surface area contributed by atoms with E-state index in [1.807, 2.05) is 6.07 Å². The van der Waals surface area contributed by atoms with Crippen molar-refractivity contribution in [1.29, 1.82) is 5.26 Å². The van der Waals surface area contributed by atoms with Crippen molar-refractivity contribution in [1.82, 2.24) is 0 Å². The lowest BCUT2D eigenvalue weighted by molar-refractivity contribution is 0.364. The van der Waals surface area contributed by atoms with Crippen LogP contribution in [0.4, 0.5) is 4.39 Å². The maximum atomic E-state index is 13.4. The third-order valence-electron chi connectivity index (χ3n) is 2.16. The Hall–Kier alpha value is -1.76. The van der Waals surface area contributed by atoms with Gasteiger partial charge in [0.05, 0.1) is 31.8 Å². The molecule has 1 atom stereocenters. The zero-order valence-electron chi connectivity index (χ0n) is 8.87. The molecule has 0 aliphatic rings. The minimum absolute atomic E-state index is 0.0726. The Bertz CT molecular complexity index is 398. The normalized spacial score (nSPS) is 11.7. The number of hydrogen-bond donors (Lipinski definition) is 0. The molecule has 3 nitrogen and oxygen atoms in total. The Morgan fingerprint density at radius 1 is 1.33 bits per heavy atom. The van der Waals surface area contributed by atoms with Gasteiger partial charge in [0.25, 0.3) is 0 Å². The topological polar surface area (TPSA) is 42.2 Å². The molecule has 0 bridgehead atoms. The van der Waals surface area contributed by atoms with Crippen molar-refractivity contribution in [3.8, 4) is 17.6 Å². The first kappa shape index (κ1) is 11.3. The highest BCUT2D eigenvalue weighted by atomic mass is 19.1. The lowest BCUT2D eigenvalue weighted by atomic mass is 10.00. The van der Waals surface area contributed by atoms with Gasteiger partial charge in [0.15, 0.2) is 11.6 Å². The summed E-state index contributed by atoms with van der Waals surface area (Å²) in [5.41, 5.74) is 0.447. The Morgan fingerprint density at radius 2 is 2.00 bits per heavy atom. The highest BCUT2D eigenvalue weighted by Gasteiger charge is 2.20. The van der Waals surface area contributed by atoms with Gasteiger partial charge in [0.1, 0.15) is 5.75 Å². The average molecular weight is 209 g/mol. The molecule has 0 aromatic heterocycles. The summed E-state index contributed by atoms with van der Waals surface area (Å²) in [7, 11) is 2.84. The summed E-state index contributed by atoms with van der Waals surface area (Å²) in [6.45, 7) is 1.67. The summed E-state index contributed by atoms with van der Waals surface area (Å²) in [5, 5.41) is 8.84. The molecule has 0 spiro atoms. The fraction of sp³-hybridized carbons (Fsp3) is 0.364. The third-order valence-corrected chi connectivity index (χ3v) is 2.16. The summed E-state index contributed by atoms with van der Waals surface area (Å²) in [5.74, 6) is -0.438. The standard InChI is InChI=1S/C11H12FNO2/c1-7(6-13)10-9(14-2)5-4-8(12)11(10)15-3/h4-5,7H,1-3H3. The molecule has 15 heavy (non-hydrogen) atoms. The van der Waals surface area contributed by atoms with Crippen LogP contribution in [0.5, 0.6) is 11.5 Å². The van der Waals surface area contributed by atoms with Crippen LogP contribution in [0.3, 0.4) is 0 Å². The lowest BCUT2D eigenvalue weighted by Crippen LogP contribution is -2.01. The highest BCUT2D eigenvalue weighted by Crippen LogP contribution is 2.36. The molecule has 1 rings (SSSR count). The highest BCUT2D eigenvalue weighted by molar-refractivity contribution is 5.49. The fourth-order valence-electron chi connectivity index (χ4n) is 1.41. The van der Waals surface area contributed by atoms with Crippen LogP contribution < -0.4 is 9.47 Å². The molecule has 1 aromatic rings. The van der Waals surface area contributed by atoms with Gasteiger partial charge < -0.3 is 9.47 Å².